The van der Waals surface area contributed by atoms with Crippen molar-refractivity contribution in [1.82, 2.24) is 0 Å². The Balaban J connectivity index is 3.31. The van der Waals surface area contributed by atoms with Crippen LogP contribution in [0.15, 0.2) is 12.1 Å². The zero-order valence-electron chi connectivity index (χ0n) is 6.01. The minimum absolute atomic E-state index is 0.366. The first-order chi connectivity index (χ1) is 4.61. The van der Waals surface area contributed by atoms with Crippen LogP contribution in [-0.4, -0.2) is 21.1 Å². The Kier molecular flexibility index (Phi) is 2.02. The molecule has 1 aromatic carbocycles. The predicted molar refractivity (Wildman–Crippen MR) is 43.0 cm³/mol. The van der Waals surface area contributed by atoms with Crippen molar-refractivity contribution >= 4 is 20.5 Å². The second-order valence-corrected chi connectivity index (χ2v) is 3.35. The number of rotatable bonds is 0. The summed E-state index contributed by atoms with van der Waals surface area (Å²) in [6, 6.07) is 3.87. The maximum atomic E-state index is 9.30. The van der Waals surface area contributed by atoms with Crippen molar-refractivity contribution in [3.8, 4) is 5.75 Å². The summed E-state index contributed by atoms with van der Waals surface area (Å²) < 4.78 is 0.831. The number of hydrogen-bond donors (Lipinski definition) is 1. The summed E-state index contributed by atoms with van der Waals surface area (Å²) in [6.07, 6.45) is 0. The van der Waals surface area contributed by atoms with Crippen LogP contribution in [0.1, 0.15) is 11.1 Å². The monoisotopic (exact) mass is 201 g/mol. The molecule has 0 bridgehead atoms. The van der Waals surface area contributed by atoms with E-state index in [1.54, 1.807) is 0 Å². The summed E-state index contributed by atoms with van der Waals surface area (Å²) >= 11 is 2.80. The molecule has 0 saturated heterocycles. The molecule has 0 aliphatic heterocycles. The topological polar surface area (TPSA) is 20.2 Å². The molecule has 0 aliphatic rings. The van der Waals surface area contributed by atoms with Gasteiger partial charge in [-0.3, -0.25) is 0 Å². The van der Waals surface area contributed by atoms with Gasteiger partial charge < -0.3 is 0 Å². The zero-order valence-corrected chi connectivity index (χ0v) is 7.72. The van der Waals surface area contributed by atoms with E-state index in [0.29, 0.717) is 5.75 Å². The van der Waals surface area contributed by atoms with Crippen molar-refractivity contribution in [3.63, 3.8) is 0 Å². The van der Waals surface area contributed by atoms with Gasteiger partial charge in [-0.1, -0.05) is 0 Å². The molecule has 0 unspecified atom stereocenters. The molecule has 0 heterocycles. The van der Waals surface area contributed by atoms with Crippen molar-refractivity contribution in [2.75, 3.05) is 0 Å². The summed E-state index contributed by atoms with van der Waals surface area (Å²) in [5, 5.41) is 9.30. The molecule has 1 rings (SSSR count). The van der Waals surface area contributed by atoms with E-state index in [1.807, 2.05) is 26.0 Å². The number of aryl methyl sites for hydroxylation is 2. The third kappa shape index (κ3) is 1.34. The fraction of sp³-hybridized carbons (Fsp3) is 0.250. The van der Waals surface area contributed by atoms with Gasteiger partial charge in [-0.25, -0.2) is 0 Å². The Morgan fingerprint density at radius 1 is 1.30 bits per heavy atom. The maximum absolute atomic E-state index is 9.30. The fourth-order valence-corrected chi connectivity index (χ4v) is 1.65. The first kappa shape index (κ1) is 7.64. The number of hydrogen-bond acceptors (Lipinski definition) is 1. The van der Waals surface area contributed by atoms with Gasteiger partial charge in [0.15, 0.2) is 0 Å². The molecule has 0 amide bonds. The predicted octanol–water partition coefficient (Wildman–Crippen LogP) is 0.803. The van der Waals surface area contributed by atoms with E-state index in [0.717, 1.165) is 10.0 Å². The third-order valence-corrected chi connectivity index (χ3v) is 2.06. The van der Waals surface area contributed by atoms with Gasteiger partial charge in [-0.2, -0.15) is 0 Å². The minimum atomic E-state index is 0.366. The van der Waals surface area contributed by atoms with E-state index < -0.39 is 0 Å². The van der Waals surface area contributed by atoms with Crippen LogP contribution in [0.3, 0.4) is 0 Å². The van der Waals surface area contributed by atoms with Gasteiger partial charge in [0.25, 0.3) is 0 Å². The van der Waals surface area contributed by atoms with Crippen molar-refractivity contribution in [2.45, 2.75) is 13.8 Å². The van der Waals surface area contributed by atoms with Crippen LogP contribution in [0, 0.1) is 13.8 Å². The molecule has 1 aromatic rings. The van der Waals surface area contributed by atoms with E-state index in [9.17, 15) is 5.11 Å². The molecule has 10 heavy (non-hydrogen) atoms. The van der Waals surface area contributed by atoms with Crippen LogP contribution in [0.25, 0.3) is 0 Å². The summed E-state index contributed by atoms with van der Waals surface area (Å²) in [5.41, 5.74) is 2.10. The van der Waals surface area contributed by atoms with Crippen LogP contribution in [-0.2, 0) is 0 Å². The van der Waals surface area contributed by atoms with Gasteiger partial charge in [0.1, 0.15) is 0 Å². The average Bonchev–Trinajstić information content (AvgIpc) is 1.82. The quantitative estimate of drug-likeness (QED) is 0.614. The summed E-state index contributed by atoms with van der Waals surface area (Å²) in [6.45, 7) is 3.90. The molecule has 1 nitrogen and oxygen atoms in total. The van der Waals surface area contributed by atoms with Crippen LogP contribution in [0.4, 0.5) is 0 Å². The van der Waals surface area contributed by atoms with Crippen molar-refractivity contribution in [2.24, 2.45) is 0 Å². The van der Waals surface area contributed by atoms with Crippen molar-refractivity contribution < 1.29 is 5.11 Å². The molecular weight excluding hydrogens is 191 g/mol. The first-order valence-corrected chi connectivity index (χ1v) is 3.94. The normalized spacial score (nSPS) is 9.80. The summed E-state index contributed by atoms with van der Waals surface area (Å²) in [4.78, 5) is 0. The molecule has 0 saturated carbocycles. The molecule has 1 radical (unpaired) electrons. The van der Waals surface area contributed by atoms with Gasteiger partial charge in [0.05, 0.1) is 0 Å². The molecule has 1 N–H and O–H groups in total. The summed E-state index contributed by atoms with van der Waals surface area (Å²) in [5.74, 6) is 0.366. The molecule has 0 spiro atoms. The molecule has 0 aromatic heterocycles. The number of phenols is 1. The number of benzene rings is 1. The molecule has 0 aliphatic carbocycles. The number of aromatic hydroxyl groups is 1. The van der Waals surface area contributed by atoms with E-state index >= 15 is 0 Å². The Morgan fingerprint density at radius 2 is 1.90 bits per heavy atom. The van der Waals surface area contributed by atoms with E-state index in [2.05, 4.69) is 16.0 Å². The van der Waals surface area contributed by atoms with Crippen LogP contribution in [0.2, 0.25) is 0 Å². The third-order valence-electron chi connectivity index (χ3n) is 1.41. The van der Waals surface area contributed by atoms with Gasteiger partial charge in [-0.05, 0) is 0 Å². The van der Waals surface area contributed by atoms with Gasteiger partial charge in [-0.15, -0.1) is 0 Å². The molecule has 53 valence electrons. The van der Waals surface area contributed by atoms with Crippen molar-refractivity contribution in [1.29, 1.82) is 0 Å². The van der Waals surface area contributed by atoms with Crippen molar-refractivity contribution in [3.05, 3.63) is 23.3 Å². The van der Waals surface area contributed by atoms with Gasteiger partial charge in [0.2, 0.25) is 0 Å². The molecule has 0 atom stereocenters. The van der Waals surface area contributed by atoms with Gasteiger partial charge >= 0.3 is 68.4 Å². The second kappa shape index (κ2) is 2.65. The second-order valence-electron chi connectivity index (χ2n) is 2.43. The Hall–Kier alpha value is -0.461. The molecule has 0 fully saturated rings. The average molecular weight is 200 g/mol. The Morgan fingerprint density at radius 3 is 2.40 bits per heavy atom. The van der Waals surface area contributed by atoms with Crippen LogP contribution < -0.4 is 4.46 Å². The van der Waals surface area contributed by atoms with Crippen LogP contribution in [0.5, 0.6) is 5.75 Å². The summed E-state index contributed by atoms with van der Waals surface area (Å²) in [7, 11) is 0. The van der Waals surface area contributed by atoms with Crippen LogP contribution >= 0.6 is 0 Å². The standard InChI is InChI=1S/C8H9OSe/c1-5-3-6(2)8(9)7(10)4-5/h3-4,9H,1-2H3. The van der Waals surface area contributed by atoms with E-state index in [-0.39, 0.29) is 0 Å². The van der Waals surface area contributed by atoms with E-state index in [1.165, 1.54) is 5.56 Å². The SMILES string of the molecule is Cc1cc(C)c(O)c([Se])c1. The van der Waals surface area contributed by atoms with E-state index in [4.69, 9.17) is 0 Å². The fourth-order valence-electron chi connectivity index (χ4n) is 0.921. The zero-order chi connectivity index (χ0) is 7.72. The first-order valence-electron chi connectivity index (χ1n) is 3.08. The Labute approximate surface area is 68.9 Å². The molecular formula is C8H9OSe. The Bertz CT molecular complexity index is 232. The molecule has 2 heteroatoms. The van der Waals surface area contributed by atoms with Gasteiger partial charge in [0, 0.05) is 0 Å². The number of phenolic OH excluding ortho intramolecular Hbond substituents is 1.